The molecule has 0 aliphatic carbocycles. The molecule has 0 saturated heterocycles. The van der Waals surface area contributed by atoms with Crippen molar-refractivity contribution in [2.24, 2.45) is 0 Å². The van der Waals surface area contributed by atoms with Gasteiger partial charge in [-0.3, -0.25) is 9.36 Å². The number of carboxylic acid groups (broad SMARTS) is 1. The van der Waals surface area contributed by atoms with Gasteiger partial charge in [-0.1, -0.05) is 16.9 Å². The van der Waals surface area contributed by atoms with E-state index in [2.05, 4.69) is 15.1 Å². The maximum Gasteiger partial charge on any atom is 0.313 e. The summed E-state index contributed by atoms with van der Waals surface area (Å²) in [5.41, 5.74) is 2.31. The van der Waals surface area contributed by atoms with E-state index in [9.17, 15) is 4.79 Å². The van der Waals surface area contributed by atoms with Gasteiger partial charge in [-0.25, -0.2) is 9.97 Å². The summed E-state index contributed by atoms with van der Waals surface area (Å²) in [7, 11) is 0. The molecular formula is C13H12N4O3S. The summed E-state index contributed by atoms with van der Waals surface area (Å²) >= 11 is 1.16. The van der Waals surface area contributed by atoms with Gasteiger partial charge < -0.3 is 9.63 Å². The number of imidazole rings is 1. The van der Waals surface area contributed by atoms with Crippen LogP contribution in [0, 0.1) is 6.92 Å². The van der Waals surface area contributed by atoms with E-state index < -0.39 is 5.97 Å². The highest BCUT2D eigenvalue weighted by Crippen LogP contribution is 2.24. The minimum Gasteiger partial charge on any atom is -0.481 e. The molecular weight excluding hydrogens is 292 g/mol. The summed E-state index contributed by atoms with van der Waals surface area (Å²) in [6, 6.07) is 5.51. The predicted octanol–water partition coefficient (Wildman–Crippen LogP) is 1.95. The number of hydrogen-bond acceptors (Lipinski definition) is 6. The van der Waals surface area contributed by atoms with Crippen LogP contribution in [0.4, 0.5) is 0 Å². The lowest BCUT2D eigenvalue weighted by Gasteiger charge is -2.05. The molecule has 0 aliphatic heterocycles. The minimum absolute atomic E-state index is 0.0568. The second-order valence-electron chi connectivity index (χ2n) is 4.44. The number of nitrogens with zero attached hydrogens (tertiary/aromatic N) is 4. The standard InChI is InChI=1S/C13H12N4O3S/c1-8-2-3-10-12(15-8)17(6-9-4-5-14-20-9)13(16-10)21-7-11(18)19/h2-5H,6-7H2,1H3,(H,18,19). The smallest absolute Gasteiger partial charge is 0.313 e. The van der Waals surface area contributed by atoms with Crippen LogP contribution in [-0.2, 0) is 11.3 Å². The molecule has 3 aromatic heterocycles. The van der Waals surface area contributed by atoms with Crippen molar-refractivity contribution in [3.8, 4) is 0 Å². The minimum atomic E-state index is -0.887. The molecule has 0 aromatic carbocycles. The summed E-state index contributed by atoms with van der Waals surface area (Å²) in [6.45, 7) is 2.31. The summed E-state index contributed by atoms with van der Waals surface area (Å²) < 4.78 is 6.96. The van der Waals surface area contributed by atoms with Crippen molar-refractivity contribution < 1.29 is 14.4 Å². The highest BCUT2D eigenvalue weighted by atomic mass is 32.2. The maximum atomic E-state index is 10.8. The largest absolute Gasteiger partial charge is 0.481 e. The third-order valence-corrected chi connectivity index (χ3v) is 3.79. The molecule has 1 N–H and O–H groups in total. The quantitative estimate of drug-likeness (QED) is 0.720. The lowest BCUT2D eigenvalue weighted by atomic mass is 10.3. The summed E-state index contributed by atoms with van der Waals surface area (Å²) in [5.74, 6) is -0.282. The number of carbonyl (C=O) groups is 1. The fraction of sp³-hybridized carbons (Fsp3) is 0.231. The average molecular weight is 304 g/mol. The Hall–Kier alpha value is -2.35. The number of pyridine rings is 1. The number of hydrogen-bond donors (Lipinski definition) is 1. The Bertz CT molecular complexity index is 782. The van der Waals surface area contributed by atoms with Gasteiger partial charge in [-0.05, 0) is 19.1 Å². The summed E-state index contributed by atoms with van der Waals surface area (Å²) in [5, 5.41) is 13.1. The lowest BCUT2D eigenvalue weighted by molar-refractivity contribution is -0.133. The maximum absolute atomic E-state index is 10.8. The fourth-order valence-electron chi connectivity index (χ4n) is 1.93. The Labute approximate surface area is 124 Å². The van der Waals surface area contributed by atoms with E-state index in [1.165, 1.54) is 0 Å². The molecule has 108 valence electrons. The Morgan fingerprint density at radius 2 is 2.24 bits per heavy atom. The molecule has 8 heteroatoms. The molecule has 3 rings (SSSR count). The van der Waals surface area contributed by atoms with Crippen molar-refractivity contribution in [1.29, 1.82) is 0 Å². The van der Waals surface area contributed by atoms with Gasteiger partial charge in [0.25, 0.3) is 0 Å². The zero-order chi connectivity index (χ0) is 14.8. The summed E-state index contributed by atoms with van der Waals surface area (Å²) in [6.07, 6.45) is 1.57. The van der Waals surface area contributed by atoms with Gasteiger partial charge in [0.2, 0.25) is 0 Å². The third kappa shape index (κ3) is 2.89. The van der Waals surface area contributed by atoms with E-state index >= 15 is 0 Å². The van der Waals surface area contributed by atoms with E-state index in [1.54, 1.807) is 12.3 Å². The molecule has 3 heterocycles. The molecule has 0 aliphatic rings. The van der Waals surface area contributed by atoms with Crippen molar-refractivity contribution >= 4 is 28.9 Å². The molecule has 0 unspecified atom stereocenters. The average Bonchev–Trinajstić information content (AvgIpc) is 3.06. The van der Waals surface area contributed by atoms with E-state index in [0.717, 1.165) is 23.0 Å². The van der Waals surface area contributed by atoms with Crippen molar-refractivity contribution in [3.05, 3.63) is 35.9 Å². The van der Waals surface area contributed by atoms with Gasteiger partial charge in [0.05, 0.1) is 18.5 Å². The first kappa shape index (κ1) is 13.6. The monoisotopic (exact) mass is 304 g/mol. The van der Waals surface area contributed by atoms with Crippen molar-refractivity contribution in [2.75, 3.05) is 5.75 Å². The number of aliphatic carboxylic acids is 1. The molecule has 0 spiro atoms. The Morgan fingerprint density at radius 1 is 1.38 bits per heavy atom. The number of carboxylic acids is 1. The van der Waals surface area contributed by atoms with Crippen LogP contribution in [0.1, 0.15) is 11.5 Å². The lowest BCUT2D eigenvalue weighted by Crippen LogP contribution is -2.05. The van der Waals surface area contributed by atoms with Gasteiger partial charge in [0, 0.05) is 11.8 Å². The van der Waals surface area contributed by atoms with Gasteiger partial charge in [-0.15, -0.1) is 0 Å². The molecule has 3 aromatic rings. The molecule has 0 atom stereocenters. The van der Waals surface area contributed by atoms with Crippen LogP contribution in [0.5, 0.6) is 0 Å². The third-order valence-electron chi connectivity index (χ3n) is 2.83. The molecule has 21 heavy (non-hydrogen) atoms. The zero-order valence-electron chi connectivity index (χ0n) is 11.2. The van der Waals surface area contributed by atoms with E-state index in [4.69, 9.17) is 9.63 Å². The van der Waals surface area contributed by atoms with Crippen molar-refractivity contribution in [1.82, 2.24) is 19.7 Å². The number of aryl methyl sites for hydroxylation is 1. The highest BCUT2D eigenvalue weighted by molar-refractivity contribution is 7.99. The van der Waals surface area contributed by atoms with Crippen LogP contribution >= 0.6 is 11.8 Å². The first-order valence-corrected chi connectivity index (χ1v) is 7.20. The van der Waals surface area contributed by atoms with Gasteiger partial charge in [-0.2, -0.15) is 0 Å². The van der Waals surface area contributed by atoms with Crippen LogP contribution in [0.15, 0.2) is 34.1 Å². The van der Waals surface area contributed by atoms with Gasteiger partial charge >= 0.3 is 5.97 Å². The normalized spacial score (nSPS) is 11.1. The second-order valence-corrected chi connectivity index (χ2v) is 5.38. The molecule has 0 saturated carbocycles. The first-order valence-electron chi connectivity index (χ1n) is 6.21. The molecule has 0 bridgehead atoms. The molecule has 0 amide bonds. The van der Waals surface area contributed by atoms with E-state index in [-0.39, 0.29) is 5.75 Å². The SMILES string of the molecule is Cc1ccc2nc(SCC(=O)O)n(Cc3ccno3)c2n1. The number of rotatable bonds is 5. The van der Waals surface area contributed by atoms with Crippen LogP contribution in [0.2, 0.25) is 0 Å². The zero-order valence-corrected chi connectivity index (χ0v) is 12.0. The molecule has 0 radical (unpaired) electrons. The van der Waals surface area contributed by atoms with Gasteiger partial charge in [0.1, 0.15) is 5.52 Å². The predicted molar refractivity (Wildman–Crippen MR) is 76.2 cm³/mol. The fourth-order valence-corrected chi connectivity index (χ4v) is 2.66. The number of thioether (sulfide) groups is 1. The summed E-state index contributed by atoms with van der Waals surface area (Å²) in [4.78, 5) is 19.7. The Balaban J connectivity index is 2.04. The Morgan fingerprint density at radius 3 is 2.95 bits per heavy atom. The van der Waals surface area contributed by atoms with E-state index in [1.807, 2.05) is 23.6 Å². The second kappa shape index (κ2) is 5.57. The van der Waals surface area contributed by atoms with Crippen LogP contribution < -0.4 is 0 Å². The highest BCUT2D eigenvalue weighted by Gasteiger charge is 2.15. The number of aromatic nitrogens is 4. The molecule has 7 nitrogen and oxygen atoms in total. The van der Waals surface area contributed by atoms with Gasteiger partial charge in [0.15, 0.2) is 16.6 Å². The van der Waals surface area contributed by atoms with Crippen LogP contribution in [-0.4, -0.2) is 36.5 Å². The van der Waals surface area contributed by atoms with Crippen LogP contribution in [0.25, 0.3) is 11.2 Å². The Kier molecular flexibility index (Phi) is 3.61. The van der Waals surface area contributed by atoms with E-state index in [0.29, 0.717) is 23.1 Å². The molecule has 0 fully saturated rings. The topological polar surface area (TPSA) is 94.0 Å². The van der Waals surface area contributed by atoms with Crippen molar-refractivity contribution in [2.45, 2.75) is 18.6 Å². The van der Waals surface area contributed by atoms with Crippen LogP contribution in [0.3, 0.4) is 0 Å². The first-order chi connectivity index (χ1) is 10.1. The number of fused-ring (bicyclic) bond motifs is 1. The van der Waals surface area contributed by atoms with Crippen molar-refractivity contribution in [3.63, 3.8) is 0 Å².